The van der Waals surface area contributed by atoms with E-state index >= 15 is 0 Å². The summed E-state index contributed by atoms with van der Waals surface area (Å²) in [6, 6.07) is 8.85. The second kappa shape index (κ2) is 8.06. The zero-order valence-corrected chi connectivity index (χ0v) is 15.3. The lowest BCUT2D eigenvalue weighted by Crippen LogP contribution is -2.30. The molecule has 2 aromatic rings. The molecule has 1 aliphatic rings. The number of hydrogen-bond donors (Lipinski definition) is 1. The summed E-state index contributed by atoms with van der Waals surface area (Å²) in [5.74, 6) is 0.659. The van der Waals surface area contributed by atoms with E-state index in [1.165, 1.54) is 11.8 Å². The van der Waals surface area contributed by atoms with Gasteiger partial charge in [0.25, 0.3) is 0 Å². The normalized spacial score (nSPS) is 15.1. The third kappa shape index (κ3) is 5.01. The number of aliphatic imine (C=N–C) groups is 1. The number of benzene rings is 2. The van der Waals surface area contributed by atoms with E-state index in [4.69, 9.17) is 0 Å². The highest BCUT2D eigenvalue weighted by Gasteiger charge is 2.36. The van der Waals surface area contributed by atoms with Gasteiger partial charge in [-0.25, -0.2) is 0 Å². The molecule has 1 heterocycles. The van der Waals surface area contributed by atoms with Gasteiger partial charge in [-0.3, -0.25) is 4.99 Å². The molecule has 1 N–H and O–H groups in total. The maximum Gasteiger partial charge on any atom is 0.416 e. The molecule has 3 rings (SSSR count). The molecule has 0 fully saturated rings. The molecule has 0 saturated heterocycles. The van der Waals surface area contributed by atoms with Gasteiger partial charge < -0.3 is 5.32 Å². The number of rotatable bonds is 4. The second-order valence-electron chi connectivity index (χ2n) is 6.21. The smallest absolute Gasteiger partial charge is 0.370 e. The average Bonchev–Trinajstić information content (AvgIpc) is 2.66. The monoisotopic (exact) mass is 418 g/mol. The van der Waals surface area contributed by atoms with Gasteiger partial charge in [-0.05, 0) is 36.2 Å². The summed E-state index contributed by atoms with van der Waals surface area (Å²) < 4.78 is 78.0. The van der Waals surface area contributed by atoms with E-state index in [9.17, 15) is 26.3 Å². The first-order valence-electron chi connectivity index (χ1n) is 8.43. The Bertz CT molecular complexity index is 841. The summed E-state index contributed by atoms with van der Waals surface area (Å²) in [6.45, 7) is 1.43. The standard InChI is InChI=1S/C19H16F6N2S/c20-18(21,22)13-8-12(9-14(10-13)19(23,24)25)11-28-16-5-2-1-4-15(16)17-26-6-3-7-27-17/h1-2,4-5,8-10H,3,6-7,11H2,(H,26,27). The second-order valence-corrected chi connectivity index (χ2v) is 7.23. The predicted octanol–water partition coefficient (Wildman–Crippen LogP) is 5.76. The van der Waals surface area contributed by atoms with Crippen molar-refractivity contribution in [3.8, 4) is 0 Å². The summed E-state index contributed by atoms with van der Waals surface area (Å²) in [5, 5.41) is 3.17. The molecule has 150 valence electrons. The molecule has 1 aliphatic heterocycles. The maximum absolute atomic E-state index is 13.0. The largest absolute Gasteiger partial charge is 0.416 e. The van der Waals surface area contributed by atoms with Crippen LogP contribution in [-0.2, 0) is 18.1 Å². The van der Waals surface area contributed by atoms with Crippen LogP contribution < -0.4 is 5.32 Å². The Hall–Kier alpha value is -2.16. The van der Waals surface area contributed by atoms with Gasteiger partial charge >= 0.3 is 12.4 Å². The Balaban J connectivity index is 1.88. The first-order valence-corrected chi connectivity index (χ1v) is 9.42. The predicted molar refractivity (Wildman–Crippen MR) is 96.5 cm³/mol. The van der Waals surface area contributed by atoms with Crippen molar-refractivity contribution in [2.75, 3.05) is 13.1 Å². The van der Waals surface area contributed by atoms with Crippen LogP contribution in [0, 0.1) is 0 Å². The van der Waals surface area contributed by atoms with Gasteiger partial charge in [0.15, 0.2) is 0 Å². The number of halogens is 6. The van der Waals surface area contributed by atoms with Gasteiger partial charge in [-0.1, -0.05) is 18.2 Å². The van der Waals surface area contributed by atoms with Crippen molar-refractivity contribution < 1.29 is 26.3 Å². The lowest BCUT2D eigenvalue weighted by atomic mass is 10.1. The highest BCUT2D eigenvalue weighted by molar-refractivity contribution is 7.98. The van der Waals surface area contributed by atoms with E-state index in [2.05, 4.69) is 10.3 Å². The van der Waals surface area contributed by atoms with E-state index in [1.54, 1.807) is 12.1 Å². The van der Waals surface area contributed by atoms with E-state index < -0.39 is 23.5 Å². The molecule has 0 aromatic heterocycles. The quantitative estimate of drug-likeness (QED) is 0.505. The Morgan fingerprint density at radius 3 is 2.14 bits per heavy atom. The fourth-order valence-electron chi connectivity index (χ4n) is 2.76. The molecule has 0 amide bonds. The minimum Gasteiger partial charge on any atom is -0.370 e. The molecule has 0 unspecified atom stereocenters. The molecule has 2 nitrogen and oxygen atoms in total. The third-order valence-electron chi connectivity index (χ3n) is 4.08. The summed E-state index contributed by atoms with van der Waals surface area (Å²) >= 11 is 1.18. The van der Waals surface area contributed by atoms with Gasteiger partial charge in [-0.2, -0.15) is 26.3 Å². The minimum atomic E-state index is -4.85. The van der Waals surface area contributed by atoms with Gasteiger partial charge in [0, 0.05) is 29.3 Å². The van der Waals surface area contributed by atoms with Crippen molar-refractivity contribution in [1.82, 2.24) is 5.32 Å². The van der Waals surface area contributed by atoms with Crippen molar-refractivity contribution in [3.05, 3.63) is 64.7 Å². The molecular formula is C19H16F6N2S. The highest BCUT2D eigenvalue weighted by Crippen LogP contribution is 2.37. The van der Waals surface area contributed by atoms with Gasteiger partial charge in [0.05, 0.1) is 11.1 Å². The first kappa shape index (κ1) is 20.6. The lowest BCUT2D eigenvalue weighted by molar-refractivity contribution is -0.143. The van der Waals surface area contributed by atoms with Crippen LogP contribution >= 0.6 is 11.8 Å². The van der Waals surface area contributed by atoms with Crippen LogP contribution in [0.5, 0.6) is 0 Å². The van der Waals surface area contributed by atoms with Crippen LogP contribution in [0.4, 0.5) is 26.3 Å². The minimum absolute atomic E-state index is 0.0305. The summed E-state index contributed by atoms with van der Waals surface area (Å²) in [5.41, 5.74) is -1.86. The average molecular weight is 418 g/mol. The fourth-order valence-corrected chi connectivity index (χ4v) is 3.75. The van der Waals surface area contributed by atoms with Crippen molar-refractivity contribution in [3.63, 3.8) is 0 Å². The number of hydrogen-bond acceptors (Lipinski definition) is 3. The summed E-state index contributed by atoms with van der Waals surface area (Å²) in [7, 11) is 0. The number of alkyl halides is 6. The number of thioether (sulfide) groups is 1. The van der Waals surface area contributed by atoms with E-state index in [0.717, 1.165) is 35.6 Å². The molecule has 0 saturated carbocycles. The topological polar surface area (TPSA) is 24.4 Å². The molecule has 28 heavy (non-hydrogen) atoms. The van der Waals surface area contributed by atoms with Crippen molar-refractivity contribution in [2.24, 2.45) is 4.99 Å². The van der Waals surface area contributed by atoms with E-state index in [0.29, 0.717) is 12.4 Å². The Morgan fingerprint density at radius 2 is 1.57 bits per heavy atom. The van der Waals surface area contributed by atoms with E-state index in [1.807, 2.05) is 12.1 Å². The van der Waals surface area contributed by atoms with Crippen LogP contribution in [0.3, 0.4) is 0 Å². The summed E-state index contributed by atoms with van der Waals surface area (Å²) in [6.07, 6.45) is -8.79. The van der Waals surface area contributed by atoms with Crippen molar-refractivity contribution >= 4 is 17.6 Å². The van der Waals surface area contributed by atoms with Crippen LogP contribution in [0.25, 0.3) is 0 Å². The van der Waals surface area contributed by atoms with E-state index in [-0.39, 0.29) is 17.4 Å². The number of nitrogens with zero attached hydrogens (tertiary/aromatic N) is 1. The Kier molecular flexibility index (Phi) is 5.92. The molecule has 0 radical (unpaired) electrons. The van der Waals surface area contributed by atoms with Crippen molar-refractivity contribution in [1.29, 1.82) is 0 Å². The number of amidine groups is 1. The number of nitrogens with one attached hydrogen (secondary N) is 1. The molecule has 2 aromatic carbocycles. The maximum atomic E-state index is 13.0. The summed E-state index contributed by atoms with van der Waals surface area (Å²) in [4.78, 5) is 5.14. The van der Waals surface area contributed by atoms with Gasteiger partial charge in [0.2, 0.25) is 0 Å². The zero-order chi connectivity index (χ0) is 20.4. The molecular weight excluding hydrogens is 402 g/mol. The molecule has 0 bridgehead atoms. The van der Waals surface area contributed by atoms with Gasteiger partial charge in [-0.15, -0.1) is 11.8 Å². The van der Waals surface area contributed by atoms with Gasteiger partial charge in [0.1, 0.15) is 5.84 Å². The van der Waals surface area contributed by atoms with Crippen LogP contribution in [0.15, 0.2) is 52.4 Å². The molecule has 0 spiro atoms. The first-order chi connectivity index (χ1) is 13.1. The van der Waals surface area contributed by atoms with Crippen molar-refractivity contribution in [2.45, 2.75) is 29.4 Å². The Labute approximate surface area is 162 Å². The fraction of sp³-hybridized carbons (Fsp3) is 0.316. The zero-order valence-electron chi connectivity index (χ0n) is 14.5. The van der Waals surface area contributed by atoms with Crippen LogP contribution in [-0.4, -0.2) is 18.9 Å². The Morgan fingerprint density at radius 1 is 0.929 bits per heavy atom. The van der Waals surface area contributed by atoms with Crippen LogP contribution in [0.2, 0.25) is 0 Å². The highest BCUT2D eigenvalue weighted by atomic mass is 32.2. The van der Waals surface area contributed by atoms with Crippen LogP contribution in [0.1, 0.15) is 28.7 Å². The molecule has 0 atom stereocenters. The lowest BCUT2D eigenvalue weighted by Gasteiger charge is -2.18. The SMILES string of the molecule is FC(F)(F)c1cc(CSc2ccccc2C2=NCCCN2)cc(C(F)(F)F)c1. The molecule has 9 heteroatoms. The molecule has 0 aliphatic carbocycles. The third-order valence-corrected chi connectivity index (χ3v) is 5.23.